The Morgan fingerprint density at radius 2 is 1.78 bits per heavy atom. The molecular formula is C22H21Cl2N3O5. The summed E-state index contributed by atoms with van der Waals surface area (Å²) in [6.45, 7) is 5.37. The van der Waals surface area contributed by atoms with Gasteiger partial charge < -0.3 is 10.1 Å². The molecule has 2 heterocycles. The van der Waals surface area contributed by atoms with Crippen LogP contribution < -0.4 is 5.32 Å². The summed E-state index contributed by atoms with van der Waals surface area (Å²) in [6, 6.07) is 5.56. The van der Waals surface area contributed by atoms with E-state index in [2.05, 4.69) is 10.3 Å². The van der Waals surface area contributed by atoms with Gasteiger partial charge in [0.1, 0.15) is 0 Å². The van der Waals surface area contributed by atoms with Crippen LogP contribution in [-0.4, -0.2) is 46.7 Å². The first kappa shape index (κ1) is 23.7. The van der Waals surface area contributed by atoms with Gasteiger partial charge in [-0.05, 0) is 43.5 Å². The van der Waals surface area contributed by atoms with Crippen LogP contribution in [0.4, 0.5) is 5.82 Å². The van der Waals surface area contributed by atoms with Crippen LogP contribution in [-0.2, 0) is 9.53 Å². The second kappa shape index (κ2) is 9.67. The second-order valence-corrected chi connectivity index (χ2v) is 8.53. The maximum atomic E-state index is 12.6. The number of nitrogens with zero attached hydrogens (tertiary/aromatic N) is 2. The zero-order valence-corrected chi connectivity index (χ0v) is 19.2. The highest BCUT2D eigenvalue weighted by atomic mass is 35.5. The van der Waals surface area contributed by atoms with Crippen molar-refractivity contribution in [3.8, 4) is 0 Å². The van der Waals surface area contributed by atoms with E-state index in [9.17, 15) is 19.2 Å². The van der Waals surface area contributed by atoms with Crippen molar-refractivity contribution in [1.82, 2.24) is 9.88 Å². The average Bonchev–Trinajstić information content (AvgIpc) is 2.98. The normalized spacial score (nSPS) is 12.9. The van der Waals surface area contributed by atoms with Gasteiger partial charge in [0.15, 0.2) is 12.4 Å². The Hall–Kier alpha value is -2.97. The maximum Gasteiger partial charge on any atom is 0.338 e. The number of carbonyl (C=O) groups is 4. The molecule has 1 N–H and O–H groups in total. The van der Waals surface area contributed by atoms with E-state index in [4.69, 9.17) is 27.9 Å². The summed E-state index contributed by atoms with van der Waals surface area (Å²) in [5.74, 6) is -1.86. The number of aryl methyl sites for hydroxylation is 1. The summed E-state index contributed by atoms with van der Waals surface area (Å²) in [5.41, 5.74) is 0.919. The topological polar surface area (TPSA) is 106 Å². The van der Waals surface area contributed by atoms with Crippen molar-refractivity contribution in [3.63, 3.8) is 0 Å². The third-order valence-electron chi connectivity index (χ3n) is 4.83. The molecule has 0 saturated carbocycles. The predicted molar refractivity (Wildman–Crippen MR) is 119 cm³/mol. The summed E-state index contributed by atoms with van der Waals surface area (Å²) in [4.78, 5) is 54.8. The third kappa shape index (κ3) is 5.08. The van der Waals surface area contributed by atoms with Crippen LogP contribution in [0.5, 0.6) is 0 Å². The molecule has 0 fully saturated rings. The fourth-order valence-corrected chi connectivity index (χ4v) is 3.44. The van der Waals surface area contributed by atoms with Gasteiger partial charge in [-0.15, -0.1) is 0 Å². The predicted octanol–water partition coefficient (Wildman–Crippen LogP) is 4.13. The summed E-state index contributed by atoms with van der Waals surface area (Å²) in [7, 11) is 0. The number of hydrogen-bond acceptors (Lipinski definition) is 6. The van der Waals surface area contributed by atoms with Crippen LogP contribution in [0.3, 0.4) is 0 Å². The van der Waals surface area contributed by atoms with Gasteiger partial charge in [-0.3, -0.25) is 19.3 Å². The third-order valence-corrected chi connectivity index (χ3v) is 5.50. The number of amides is 3. The number of esters is 1. The number of fused-ring (bicyclic) bond motifs is 1. The van der Waals surface area contributed by atoms with E-state index in [1.54, 1.807) is 6.92 Å². The molecule has 1 aliphatic rings. The van der Waals surface area contributed by atoms with Gasteiger partial charge in [0.05, 0.1) is 32.4 Å². The van der Waals surface area contributed by atoms with E-state index in [-0.39, 0.29) is 33.4 Å². The quantitative estimate of drug-likeness (QED) is 0.474. The number of rotatable bonds is 7. The van der Waals surface area contributed by atoms with Gasteiger partial charge in [0.2, 0.25) is 0 Å². The Bertz CT molecular complexity index is 1120. The number of imide groups is 1. The Morgan fingerprint density at radius 3 is 2.47 bits per heavy atom. The molecule has 1 aliphatic heterocycles. The van der Waals surface area contributed by atoms with Crippen molar-refractivity contribution in [3.05, 3.63) is 56.7 Å². The minimum absolute atomic E-state index is 0.0573. The van der Waals surface area contributed by atoms with E-state index in [1.807, 2.05) is 13.8 Å². The maximum absolute atomic E-state index is 12.6. The number of benzene rings is 1. The van der Waals surface area contributed by atoms with Crippen molar-refractivity contribution in [2.75, 3.05) is 18.5 Å². The number of nitrogens with one attached hydrogen (secondary N) is 1. The van der Waals surface area contributed by atoms with Gasteiger partial charge in [-0.2, -0.15) is 0 Å². The standard InChI is InChI=1S/C22H21Cl2N3O5/c1-11(2)6-7-27-20(29)14-5-4-13(8-15(14)21(27)30)22(31)32-10-18(28)26-19-17(24)9-16(23)12(3)25-19/h4-5,8-9,11H,6-7,10H2,1-3H3,(H,25,26,28). The Morgan fingerprint density at radius 1 is 1.09 bits per heavy atom. The highest BCUT2D eigenvalue weighted by molar-refractivity contribution is 6.36. The number of pyridine rings is 1. The summed E-state index contributed by atoms with van der Waals surface area (Å²) < 4.78 is 5.03. The van der Waals surface area contributed by atoms with Crippen LogP contribution in [0.2, 0.25) is 10.0 Å². The zero-order chi connectivity index (χ0) is 23.6. The lowest BCUT2D eigenvalue weighted by Crippen LogP contribution is -2.31. The molecule has 0 unspecified atom stereocenters. The minimum atomic E-state index is -0.810. The molecule has 0 aliphatic carbocycles. The molecule has 2 aromatic rings. The number of anilines is 1. The van der Waals surface area contributed by atoms with Crippen molar-refractivity contribution in [1.29, 1.82) is 0 Å². The van der Waals surface area contributed by atoms with Gasteiger partial charge in [-0.1, -0.05) is 37.0 Å². The van der Waals surface area contributed by atoms with Crippen LogP contribution in [0, 0.1) is 12.8 Å². The van der Waals surface area contributed by atoms with E-state index < -0.39 is 24.4 Å². The fraction of sp³-hybridized carbons (Fsp3) is 0.318. The monoisotopic (exact) mass is 477 g/mol. The summed E-state index contributed by atoms with van der Waals surface area (Å²) >= 11 is 11.9. The van der Waals surface area contributed by atoms with Crippen molar-refractivity contribution < 1.29 is 23.9 Å². The van der Waals surface area contributed by atoms with Crippen molar-refractivity contribution in [2.24, 2.45) is 5.92 Å². The number of aromatic nitrogens is 1. The van der Waals surface area contributed by atoms with Gasteiger partial charge >= 0.3 is 5.97 Å². The first-order valence-corrected chi connectivity index (χ1v) is 10.6. The second-order valence-electron chi connectivity index (χ2n) is 7.72. The smallest absolute Gasteiger partial charge is 0.338 e. The molecule has 8 nitrogen and oxygen atoms in total. The number of ether oxygens (including phenoxy) is 1. The molecule has 10 heteroatoms. The molecule has 0 saturated heterocycles. The largest absolute Gasteiger partial charge is 0.452 e. The molecule has 0 radical (unpaired) electrons. The fourth-order valence-electron chi connectivity index (χ4n) is 3.04. The molecule has 1 aromatic heterocycles. The van der Waals surface area contributed by atoms with E-state index in [1.165, 1.54) is 29.2 Å². The Kier molecular flexibility index (Phi) is 7.16. The highest BCUT2D eigenvalue weighted by Gasteiger charge is 2.35. The highest BCUT2D eigenvalue weighted by Crippen LogP contribution is 2.26. The lowest BCUT2D eigenvalue weighted by Gasteiger charge is -2.14. The lowest BCUT2D eigenvalue weighted by atomic mass is 10.1. The molecule has 1 aromatic carbocycles. The molecule has 0 bridgehead atoms. The van der Waals surface area contributed by atoms with E-state index in [0.717, 1.165) is 0 Å². The van der Waals surface area contributed by atoms with Crippen LogP contribution >= 0.6 is 23.2 Å². The summed E-state index contributed by atoms with van der Waals surface area (Å²) in [5, 5.41) is 2.94. The number of carbonyl (C=O) groups excluding carboxylic acids is 4. The lowest BCUT2D eigenvalue weighted by molar-refractivity contribution is -0.119. The van der Waals surface area contributed by atoms with Crippen LogP contribution in [0.15, 0.2) is 24.3 Å². The first-order chi connectivity index (χ1) is 15.1. The zero-order valence-electron chi connectivity index (χ0n) is 17.7. The van der Waals surface area contributed by atoms with E-state index in [0.29, 0.717) is 29.6 Å². The average molecular weight is 478 g/mol. The number of halogens is 2. The van der Waals surface area contributed by atoms with Gasteiger partial charge in [0.25, 0.3) is 17.7 Å². The van der Waals surface area contributed by atoms with Gasteiger partial charge in [-0.25, -0.2) is 9.78 Å². The van der Waals surface area contributed by atoms with Crippen LogP contribution in [0.25, 0.3) is 0 Å². The molecular weight excluding hydrogens is 457 g/mol. The molecule has 0 spiro atoms. The summed E-state index contributed by atoms with van der Waals surface area (Å²) in [6.07, 6.45) is 0.682. The SMILES string of the molecule is Cc1nc(NC(=O)COC(=O)c2ccc3c(c2)C(=O)N(CCC(C)C)C3=O)c(Cl)cc1Cl. The molecule has 168 valence electrons. The number of hydrogen-bond donors (Lipinski definition) is 1. The van der Waals surface area contributed by atoms with Crippen molar-refractivity contribution >= 4 is 52.7 Å². The minimum Gasteiger partial charge on any atom is -0.452 e. The molecule has 0 atom stereocenters. The first-order valence-electron chi connectivity index (χ1n) is 9.88. The van der Waals surface area contributed by atoms with Crippen molar-refractivity contribution in [2.45, 2.75) is 27.2 Å². The molecule has 3 rings (SSSR count). The van der Waals surface area contributed by atoms with Crippen LogP contribution in [0.1, 0.15) is 57.0 Å². The van der Waals surface area contributed by atoms with E-state index >= 15 is 0 Å². The van der Waals surface area contributed by atoms with Gasteiger partial charge in [0, 0.05) is 6.54 Å². The Labute approximate surface area is 194 Å². The molecule has 32 heavy (non-hydrogen) atoms. The Balaban J connectivity index is 1.64. The molecule has 3 amide bonds.